The van der Waals surface area contributed by atoms with E-state index in [0.29, 0.717) is 37.4 Å². The normalized spacial score (nSPS) is 15.9. The van der Waals surface area contributed by atoms with Gasteiger partial charge in [-0.2, -0.15) is 0 Å². The Bertz CT molecular complexity index is 5120. The summed E-state index contributed by atoms with van der Waals surface area (Å²) < 4.78 is 40.3. The molecule has 2 atom stereocenters. The van der Waals surface area contributed by atoms with Gasteiger partial charge in [-0.3, -0.25) is 34.3 Å². The van der Waals surface area contributed by atoms with Crippen LogP contribution in [0.15, 0.2) is 255 Å². The predicted molar refractivity (Wildman–Crippen MR) is 488 cm³/mol. The number of carbonyl (C=O) groups excluding carboxylic acids is 5. The van der Waals surface area contributed by atoms with E-state index >= 15 is 0 Å². The highest BCUT2D eigenvalue weighted by molar-refractivity contribution is 6.24. The molecule has 18 nitrogen and oxygen atoms in total. The van der Waals surface area contributed by atoms with Crippen molar-refractivity contribution in [2.24, 2.45) is 0 Å². The van der Waals surface area contributed by atoms with Crippen LogP contribution in [0.4, 0.5) is 5.69 Å². The van der Waals surface area contributed by atoms with Gasteiger partial charge in [0.15, 0.2) is 12.6 Å². The van der Waals surface area contributed by atoms with E-state index < -0.39 is 23.8 Å². The van der Waals surface area contributed by atoms with Gasteiger partial charge in [-0.05, 0) is 271 Å². The van der Waals surface area contributed by atoms with Crippen LogP contribution in [-0.2, 0) is 28.6 Å². The van der Waals surface area contributed by atoms with Gasteiger partial charge in [0.05, 0.1) is 37.6 Å². The summed E-state index contributed by atoms with van der Waals surface area (Å²) in [5, 5.41) is 21.9. The number of methoxy groups -OCH3 is 2. The maximum atomic E-state index is 13.3. The molecule has 0 radical (unpaired) electrons. The molecule has 4 amide bonds. The van der Waals surface area contributed by atoms with E-state index in [0.717, 1.165) is 214 Å². The highest BCUT2D eigenvalue weighted by Gasteiger charge is 2.45. The van der Waals surface area contributed by atoms with Crippen molar-refractivity contribution < 1.29 is 67.3 Å². The van der Waals surface area contributed by atoms with Crippen LogP contribution >= 0.6 is 0 Å². The lowest BCUT2D eigenvalue weighted by molar-refractivity contribution is -0.136. The molecule has 0 bridgehead atoms. The summed E-state index contributed by atoms with van der Waals surface area (Å²) in [6, 6.07) is 84.0. The first-order valence-corrected chi connectivity index (χ1v) is 43.6. The number of nitrogens with one attached hydrogen (secondary N) is 1. The number of aromatic hydroxyl groups is 2. The number of phenols is 2. The number of ether oxygens (including phenoxy) is 7. The van der Waals surface area contributed by atoms with E-state index in [9.17, 15) is 34.2 Å². The minimum atomic E-state index is -0.964. The molecule has 2 unspecified atom stereocenters. The maximum Gasteiger partial charge on any atom is 0.262 e. The molecule has 4 heterocycles. The van der Waals surface area contributed by atoms with Crippen LogP contribution in [-0.4, -0.2) is 142 Å². The van der Waals surface area contributed by atoms with E-state index in [-0.39, 0.29) is 42.8 Å². The van der Waals surface area contributed by atoms with Crippen molar-refractivity contribution in [2.75, 3.05) is 78.3 Å². The van der Waals surface area contributed by atoms with Crippen molar-refractivity contribution >= 4 is 69.0 Å². The fourth-order valence-corrected chi connectivity index (χ4v) is 16.2. The van der Waals surface area contributed by atoms with Gasteiger partial charge < -0.3 is 53.1 Å². The van der Waals surface area contributed by atoms with E-state index in [2.05, 4.69) is 188 Å². The van der Waals surface area contributed by atoms with E-state index in [1.54, 1.807) is 50.6 Å². The first-order valence-electron chi connectivity index (χ1n) is 43.6. The quantitative estimate of drug-likeness (QED) is 0.0109. The van der Waals surface area contributed by atoms with Crippen molar-refractivity contribution in [2.45, 2.75) is 149 Å². The monoisotopic (exact) mass is 1660 g/mol. The largest absolute Gasteiger partial charge is 0.508 e. The number of carbonyl (C=O) groups is 5. The number of fused-ring (bicyclic) bond motifs is 1. The number of hydrogen-bond donors (Lipinski definition) is 3. The molecule has 18 heteroatoms. The summed E-state index contributed by atoms with van der Waals surface area (Å²) in [4.78, 5) is 66.4. The van der Waals surface area contributed by atoms with Gasteiger partial charge in [-0.15, -0.1) is 0 Å². The summed E-state index contributed by atoms with van der Waals surface area (Å²) in [6.07, 6.45) is 15.0. The first-order chi connectivity index (χ1) is 60.2. The zero-order valence-electron chi connectivity index (χ0n) is 71.6. The lowest BCUT2D eigenvalue weighted by Gasteiger charge is -2.36. The van der Waals surface area contributed by atoms with Crippen LogP contribution in [0, 0.1) is 0 Å². The maximum absolute atomic E-state index is 13.3. The van der Waals surface area contributed by atoms with Crippen molar-refractivity contribution in [3.63, 3.8) is 0 Å². The summed E-state index contributed by atoms with van der Waals surface area (Å²) in [7, 11) is 3.34. The van der Waals surface area contributed by atoms with Crippen molar-refractivity contribution in [1.82, 2.24) is 15.1 Å². The van der Waals surface area contributed by atoms with Gasteiger partial charge in [0.1, 0.15) is 46.8 Å². The fraction of sp³-hybridized carbons (Fsp3) is 0.324. The number of aldehydes is 1. The number of benzene rings is 10. The third kappa shape index (κ3) is 25.0. The molecule has 10 aromatic carbocycles. The van der Waals surface area contributed by atoms with E-state index in [4.69, 9.17) is 33.2 Å². The summed E-state index contributed by atoms with van der Waals surface area (Å²) in [5.74, 6) is 1.94. The highest BCUT2D eigenvalue weighted by atomic mass is 16.7. The lowest BCUT2D eigenvalue weighted by atomic mass is 9.88. The van der Waals surface area contributed by atoms with Crippen LogP contribution in [0.1, 0.15) is 201 Å². The van der Waals surface area contributed by atoms with Crippen LogP contribution in [0.3, 0.4) is 0 Å². The van der Waals surface area contributed by atoms with Crippen LogP contribution in [0.5, 0.6) is 34.5 Å². The van der Waals surface area contributed by atoms with Gasteiger partial charge >= 0.3 is 0 Å². The van der Waals surface area contributed by atoms with E-state index in [1.165, 1.54) is 39.0 Å². The third-order valence-electron chi connectivity index (χ3n) is 22.8. The molecule has 10 aromatic rings. The molecule has 0 aromatic heterocycles. The minimum Gasteiger partial charge on any atom is -0.508 e. The van der Waals surface area contributed by atoms with Gasteiger partial charge in [-0.25, -0.2) is 0 Å². The Labute approximate surface area is 724 Å². The number of unbranched alkanes of at least 4 members (excludes halogenated alkanes) is 5. The van der Waals surface area contributed by atoms with Crippen molar-refractivity contribution in [1.29, 1.82) is 0 Å². The summed E-state index contributed by atoms with van der Waals surface area (Å²) in [5.41, 5.74) is 19.1. The smallest absolute Gasteiger partial charge is 0.262 e. The standard InChI is InChI=1S/C44H46N4O6.C34H42O5.C27H28O3/c1-2-36(30-9-5-3-6-10-30)41(31-11-16-34(49)17-12-31)32-13-18-35(19-14-32)54-28-8-4-7-23-46-24-26-47(27-25-46)33-15-20-37-38(29-33)44(53)48(43(37)52)39-21-22-40(50)45-42(39)51;1-4-31(26-12-6-5-7-13-26)34(28-18-22-30(23-19-28)39-33-15-9-11-25-38-33)27-16-20-29(21-17-27)37-24-10-8-14-32(35-2)36-3;1-2-26(21-9-5-3-6-10-21)27(22-11-15-24(29)16-12-22)23-13-17-25(18-14-23)30-20-8-4-7-19-28/h3,5-6,9-20,29,39,49H,2,4,7-8,21-28H2,1H3,(H,45,50,51);5-7,12-13,16-23,32-33H,4,8-11,14-15,24-25H2,1-3H3;3,5-6,9-19,29H,2,4,7-8,20H2,1H3. The van der Waals surface area contributed by atoms with Crippen molar-refractivity contribution in [3.8, 4) is 34.5 Å². The number of phenolic OH excluding ortho intramolecular Hbond substituents is 2. The first kappa shape index (κ1) is 90.1. The van der Waals surface area contributed by atoms with Gasteiger partial charge in [0.25, 0.3) is 11.8 Å². The predicted octanol–water partition coefficient (Wildman–Crippen LogP) is 21.2. The molecule has 14 rings (SSSR count). The molecule has 3 fully saturated rings. The molecule has 4 aliphatic rings. The Balaban J connectivity index is 0.000000177. The topological polar surface area (TPSA) is 212 Å². The molecule has 640 valence electrons. The number of anilines is 1. The Morgan fingerprint density at radius 1 is 0.455 bits per heavy atom. The zero-order chi connectivity index (χ0) is 86.1. The highest BCUT2D eigenvalue weighted by Crippen LogP contribution is 2.41. The number of hydrogen-bond acceptors (Lipinski definition) is 16. The molecule has 0 spiro atoms. The fourth-order valence-electron chi connectivity index (χ4n) is 16.2. The Morgan fingerprint density at radius 2 is 0.878 bits per heavy atom. The second-order valence-electron chi connectivity index (χ2n) is 31.0. The number of allylic oxidation sites excluding steroid dienone is 3. The average molecular weight is 1660 g/mol. The number of amides is 4. The SMILES string of the molecule is CCC(=C(c1ccc(O)cc1)c1ccc(OCCCCC=O)cc1)c1ccccc1.CCC(=C(c1ccc(O)cc1)c1ccc(OCCCCCN2CCN(c3ccc4c(c3)C(=O)N(C3CCC(=O)NC3=O)C4=O)CC2)cc1)c1ccccc1.CCC(=C(c1ccc(OCCCCC(OC)OC)cc1)c1ccc(OC2CCCCO2)cc1)c1ccccc1. The van der Waals surface area contributed by atoms with Crippen LogP contribution in [0.25, 0.3) is 33.4 Å². The molecule has 3 saturated heterocycles. The zero-order valence-corrected chi connectivity index (χ0v) is 71.6. The second-order valence-corrected chi connectivity index (χ2v) is 31.0. The number of piperidine rings is 1. The summed E-state index contributed by atoms with van der Waals surface area (Å²) in [6.45, 7) is 13.7. The number of rotatable bonds is 37. The Morgan fingerprint density at radius 3 is 1.29 bits per heavy atom. The van der Waals surface area contributed by atoms with E-state index in [1.807, 2.05) is 66.7 Å². The minimum absolute atomic E-state index is 0.0982. The van der Waals surface area contributed by atoms with Gasteiger partial charge in [-0.1, -0.05) is 185 Å². The van der Waals surface area contributed by atoms with Gasteiger partial charge in [0.2, 0.25) is 11.8 Å². The molecule has 4 aliphatic heterocycles. The molecule has 123 heavy (non-hydrogen) atoms. The summed E-state index contributed by atoms with van der Waals surface area (Å²) >= 11 is 0. The van der Waals surface area contributed by atoms with Gasteiger partial charge in [0, 0.05) is 65.3 Å². The average Bonchev–Trinajstić information content (AvgIpc) is 1.58. The molecule has 0 aliphatic carbocycles. The van der Waals surface area contributed by atoms with Crippen LogP contribution in [0.2, 0.25) is 0 Å². The Kier molecular flexibility index (Phi) is 34.2. The Hall–Kier alpha value is -12.2. The molecular weight excluding hydrogens is 1540 g/mol. The van der Waals surface area contributed by atoms with Crippen LogP contribution < -0.4 is 29.2 Å². The lowest BCUT2D eigenvalue weighted by Crippen LogP contribution is -2.54. The van der Waals surface area contributed by atoms with Crippen molar-refractivity contribution in [3.05, 3.63) is 316 Å². The molecule has 3 N–H and O–H groups in total. The molecular formula is C105H116N4O14. The third-order valence-corrected chi connectivity index (χ3v) is 22.8. The number of nitrogens with zero attached hydrogens (tertiary/aromatic N) is 3. The number of imide groups is 2. The number of piperazine rings is 1. The second kappa shape index (κ2) is 46.7. The molecule has 0 saturated carbocycles.